The van der Waals surface area contributed by atoms with Gasteiger partial charge in [-0.1, -0.05) is 18.2 Å². The first-order valence-corrected chi connectivity index (χ1v) is 12.2. The van der Waals surface area contributed by atoms with E-state index in [1.54, 1.807) is 11.6 Å². The van der Waals surface area contributed by atoms with Crippen molar-refractivity contribution in [2.45, 2.75) is 25.7 Å². The average molecular weight is 468 g/mol. The lowest BCUT2D eigenvalue weighted by Gasteiger charge is -2.35. The van der Waals surface area contributed by atoms with Crippen LogP contribution in [0.3, 0.4) is 0 Å². The van der Waals surface area contributed by atoms with Crippen molar-refractivity contribution in [1.82, 2.24) is 9.55 Å². The number of pyridine rings is 1. The van der Waals surface area contributed by atoms with Crippen LogP contribution >= 0.6 is 0 Å². The smallest absolute Gasteiger partial charge is 0.323 e. The molecule has 3 N–H and O–H groups in total. The first-order chi connectivity index (χ1) is 17.0. The Labute approximate surface area is 203 Å². The molecule has 0 bridgehead atoms. The fourth-order valence-electron chi connectivity index (χ4n) is 5.30. The van der Waals surface area contributed by atoms with Crippen LogP contribution in [-0.4, -0.2) is 28.7 Å². The number of hydrogen-bond donors (Lipinski definition) is 3. The Bertz CT molecular complexity index is 1460. The summed E-state index contributed by atoms with van der Waals surface area (Å²) in [4.78, 5) is 30.9. The van der Waals surface area contributed by atoms with E-state index in [-0.39, 0.29) is 11.6 Å². The van der Waals surface area contributed by atoms with Crippen LogP contribution in [0.15, 0.2) is 71.8 Å². The number of carbonyl (C=O) groups is 1. The lowest BCUT2D eigenvalue weighted by Crippen LogP contribution is -2.34. The van der Waals surface area contributed by atoms with Gasteiger partial charge in [-0.2, -0.15) is 0 Å². The molecule has 3 heterocycles. The second kappa shape index (κ2) is 8.34. The molecule has 2 aromatic heterocycles. The second-order valence-electron chi connectivity index (χ2n) is 9.89. The summed E-state index contributed by atoms with van der Waals surface area (Å²) in [5.74, 6) is 0. The molecule has 0 radical (unpaired) electrons. The third-order valence-corrected chi connectivity index (χ3v) is 7.59. The predicted octanol–water partition coefficient (Wildman–Crippen LogP) is 5.56. The molecule has 1 aliphatic heterocycles. The number of amides is 2. The minimum Gasteiger partial charge on any atom is -0.371 e. The van der Waals surface area contributed by atoms with Crippen molar-refractivity contribution in [2.75, 3.05) is 28.6 Å². The van der Waals surface area contributed by atoms with Crippen molar-refractivity contribution in [2.24, 2.45) is 12.5 Å². The molecule has 1 aliphatic carbocycles. The highest BCUT2D eigenvalue weighted by Crippen LogP contribution is 2.54. The van der Waals surface area contributed by atoms with E-state index < -0.39 is 0 Å². The van der Waals surface area contributed by atoms with Crippen molar-refractivity contribution < 1.29 is 4.79 Å². The zero-order valence-electron chi connectivity index (χ0n) is 19.8. The zero-order valence-corrected chi connectivity index (χ0v) is 19.8. The van der Waals surface area contributed by atoms with E-state index in [9.17, 15) is 9.59 Å². The molecule has 0 unspecified atom stereocenters. The minimum absolute atomic E-state index is 0.0551. The Morgan fingerprint density at radius 2 is 1.66 bits per heavy atom. The number of carbonyl (C=O) groups excluding carboxylic acids is 1. The summed E-state index contributed by atoms with van der Waals surface area (Å²) in [5, 5.41) is 6.74. The summed E-state index contributed by atoms with van der Waals surface area (Å²) in [6, 6.07) is 17.1. The zero-order chi connectivity index (χ0) is 24.0. The molecule has 35 heavy (non-hydrogen) atoms. The number of aromatic amines is 1. The van der Waals surface area contributed by atoms with Gasteiger partial charge < -0.3 is 25.1 Å². The molecule has 2 amide bonds. The quantitative estimate of drug-likeness (QED) is 0.368. The topological polar surface area (TPSA) is 82.2 Å². The molecule has 2 fully saturated rings. The number of nitrogens with one attached hydrogen (secondary N) is 3. The first-order valence-electron chi connectivity index (χ1n) is 12.2. The number of aromatic nitrogens is 2. The monoisotopic (exact) mass is 467 g/mol. The fourth-order valence-corrected chi connectivity index (χ4v) is 5.30. The van der Waals surface area contributed by atoms with Crippen LogP contribution < -0.4 is 21.1 Å². The number of piperidine rings is 1. The van der Waals surface area contributed by atoms with Gasteiger partial charge in [-0.25, -0.2) is 4.79 Å². The van der Waals surface area contributed by atoms with E-state index in [0.29, 0.717) is 16.6 Å². The van der Waals surface area contributed by atoms with Gasteiger partial charge in [-0.15, -0.1) is 0 Å². The number of para-hydroxylation sites is 1. The third-order valence-electron chi connectivity index (χ3n) is 7.59. The molecule has 2 aliphatic rings. The predicted molar refractivity (Wildman–Crippen MR) is 141 cm³/mol. The number of rotatable bonds is 4. The van der Waals surface area contributed by atoms with E-state index in [2.05, 4.69) is 26.6 Å². The summed E-state index contributed by atoms with van der Waals surface area (Å²) < 4.78 is 1.62. The molecule has 2 aromatic carbocycles. The van der Waals surface area contributed by atoms with E-state index >= 15 is 0 Å². The van der Waals surface area contributed by atoms with Gasteiger partial charge in [0.25, 0.3) is 5.56 Å². The van der Waals surface area contributed by atoms with Crippen LogP contribution in [0.5, 0.6) is 0 Å². The van der Waals surface area contributed by atoms with E-state index in [4.69, 9.17) is 0 Å². The number of nitrogens with zero attached hydrogens (tertiary/aromatic N) is 2. The lowest BCUT2D eigenvalue weighted by atomic mass is 9.92. The Morgan fingerprint density at radius 1 is 0.914 bits per heavy atom. The number of H-pyrrole nitrogens is 1. The minimum atomic E-state index is -0.296. The summed E-state index contributed by atoms with van der Waals surface area (Å²) in [6.07, 6.45) is 8.87. The highest BCUT2D eigenvalue weighted by Gasteiger charge is 2.44. The van der Waals surface area contributed by atoms with Gasteiger partial charge in [0.05, 0.1) is 0 Å². The first kappa shape index (κ1) is 21.5. The lowest BCUT2D eigenvalue weighted by molar-refractivity contribution is 0.262. The summed E-state index contributed by atoms with van der Waals surface area (Å²) in [5.41, 5.74) is 5.66. The number of benzene rings is 2. The van der Waals surface area contributed by atoms with Crippen LogP contribution in [0.2, 0.25) is 0 Å². The average Bonchev–Trinajstić information content (AvgIpc) is 3.43. The van der Waals surface area contributed by atoms with E-state index in [1.165, 1.54) is 25.7 Å². The summed E-state index contributed by atoms with van der Waals surface area (Å²) in [7, 11) is 1.78. The maximum Gasteiger partial charge on any atom is 0.323 e. The maximum absolute atomic E-state index is 12.7. The van der Waals surface area contributed by atoms with Crippen LogP contribution in [-0.2, 0) is 7.05 Å². The van der Waals surface area contributed by atoms with Crippen LogP contribution in [0.1, 0.15) is 25.7 Å². The second-order valence-corrected chi connectivity index (χ2v) is 9.89. The molecule has 7 heteroatoms. The van der Waals surface area contributed by atoms with Gasteiger partial charge in [0.2, 0.25) is 0 Å². The van der Waals surface area contributed by atoms with E-state index in [0.717, 1.165) is 41.0 Å². The standard InChI is InChI=1S/C28H29N5O2/c1-32-18-23(21-9-14-29-25(21)26(32)34)22-17-20(31-27(35)30-19-5-3-2-4-6-19)7-8-24(22)33-15-12-28(10-11-28)13-16-33/h2-9,14,17-18,29H,10-13,15-16H2,1H3,(H2,30,31,35). The highest BCUT2D eigenvalue weighted by molar-refractivity contribution is 6.02. The fraction of sp³-hybridized carbons (Fsp3) is 0.286. The molecule has 6 rings (SSSR count). The van der Waals surface area contributed by atoms with Crippen molar-refractivity contribution in [1.29, 1.82) is 0 Å². The molecule has 178 valence electrons. The number of aryl methyl sites for hydroxylation is 1. The van der Waals surface area contributed by atoms with Gasteiger partial charge in [0, 0.05) is 66.1 Å². The number of urea groups is 1. The van der Waals surface area contributed by atoms with Crippen LogP contribution in [0, 0.1) is 5.41 Å². The third kappa shape index (κ3) is 4.07. The molecular formula is C28H29N5O2. The van der Waals surface area contributed by atoms with Crippen molar-refractivity contribution in [3.63, 3.8) is 0 Å². The molecule has 1 spiro atoms. The van der Waals surface area contributed by atoms with Gasteiger partial charge in [-0.3, -0.25) is 4.79 Å². The van der Waals surface area contributed by atoms with Gasteiger partial charge in [0.15, 0.2) is 0 Å². The highest BCUT2D eigenvalue weighted by atomic mass is 16.2. The maximum atomic E-state index is 12.7. The largest absolute Gasteiger partial charge is 0.371 e. The number of hydrogen-bond acceptors (Lipinski definition) is 3. The Morgan fingerprint density at radius 3 is 2.40 bits per heavy atom. The van der Waals surface area contributed by atoms with Crippen LogP contribution in [0.4, 0.5) is 21.9 Å². The normalized spacial score (nSPS) is 16.4. The molecule has 7 nitrogen and oxygen atoms in total. The molecule has 4 aromatic rings. The Hall–Kier alpha value is -4.00. The van der Waals surface area contributed by atoms with Gasteiger partial charge in [-0.05, 0) is 67.5 Å². The number of fused-ring (bicyclic) bond motifs is 1. The van der Waals surface area contributed by atoms with Crippen molar-refractivity contribution >= 4 is 34.0 Å². The van der Waals surface area contributed by atoms with Gasteiger partial charge in [0.1, 0.15) is 5.52 Å². The number of anilines is 3. The molecule has 0 atom stereocenters. The molecule has 1 saturated carbocycles. The Kier molecular flexibility index (Phi) is 5.13. The van der Waals surface area contributed by atoms with Crippen LogP contribution in [0.25, 0.3) is 22.0 Å². The van der Waals surface area contributed by atoms with Crippen molar-refractivity contribution in [3.05, 3.63) is 77.3 Å². The molecular weight excluding hydrogens is 438 g/mol. The van der Waals surface area contributed by atoms with Gasteiger partial charge >= 0.3 is 6.03 Å². The molecule has 1 saturated heterocycles. The summed E-state index contributed by atoms with van der Waals surface area (Å²) >= 11 is 0. The van der Waals surface area contributed by atoms with E-state index in [1.807, 2.05) is 60.9 Å². The SMILES string of the molecule is Cn1cc(-c2cc(NC(=O)Nc3ccccc3)ccc2N2CCC3(CC2)CC3)c2cc[nH]c2c1=O. The summed E-state index contributed by atoms with van der Waals surface area (Å²) in [6.45, 7) is 2.05. The Balaban J connectivity index is 1.38. The van der Waals surface area contributed by atoms with Crippen molar-refractivity contribution in [3.8, 4) is 11.1 Å².